The highest BCUT2D eigenvalue weighted by molar-refractivity contribution is 5.85. The van der Waals surface area contributed by atoms with Crippen molar-refractivity contribution in [2.45, 2.75) is 0 Å². The van der Waals surface area contributed by atoms with Crippen molar-refractivity contribution in [3.63, 3.8) is 0 Å². The van der Waals surface area contributed by atoms with Crippen LogP contribution in [0.15, 0.2) is 42.5 Å². The Hall–Kier alpha value is -2.82. The van der Waals surface area contributed by atoms with E-state index in [0.717, 1.165) is 5.56 Å². The first-order valence-electron chi connectivity index (χ1n) is 5.31. The highest BCUT2D eigenvalue weighted by atomic mass is 15.2. The Bertz CT molecular complexity index is 630. The zero-order chi connectivity index (χ0) is 13.0. The Labute approximate surface area is 105 Å². The molecule has 4 heteroatoms. The number of nitrogen functional groups attached to an aromatic ring is 1. The smallest absolute Gasteiger partial charge is 0.0998 e. The van der Waals surface area contributed by atoms with Gasteiger partial charge in [0, 0.05) is 11.1 Å². The summed E-state index contributed by atoms with van der Waals surface area (Å²) in [6.07, 6.45) is 0. The van der Waals surface area contributed by atoms with Crippen LogP contribution in [0, 0.1) is 22.7 Å². The third kappa shape index (κ3) is 1.89. The number of para-hydroxylation sites is 1. The van der Waals surface area contributed by atoms with Crippen LogP contribution in [0.4, 0.5) is 5.69 Å². The van der Waals surface area contributed by atoms with Gasteiger partial charge in [-0.15, -0.1) is 0 Å². The van der Waals surface area contributed by atoms with Crippen molar-refractivity contribution >= 4 is 5.69 Å². The normalized spacial score (nSPS) is 9.28. The van der Waals surface area contributed by atoms with Crippen molar-refractivity contribution in [3.8, 4) is 23.3 Å². The zero-order valence-electron chi connectivity index (χ0n) is 9.51. The summed E-state index contributed by atoms with van der Waals surface area (Å²) in [6.45, 7) is 0. The molecule has 18 heavy (non-hydrogen) atoms. The fraction of sp³-hybridized carbons (Fsp3) is 0. The van der Waals surface area contributed by atoms with E-state index in [-0.39, 0.29) is 0 Å². The van der Waals surface area contributed by atoms with Crippen molar-refractivity contribution in [2.24, 2.45) is 5.84 Å². The molecule has 3 N–H and O–H groups in total. The predicted octanol–water partition coefficient (Wildman–Crippen LogP) is 2.38. The van der Waals surface area contributed by atoms with Gasteiger partial charge in [-0.1, -0.05) is 24.3 Å². The lowest BCUT2D eigenvalue weighted by Gasteiger charge is -2.11. The molecule has 0 atom stereocenters. The SMILES string of the molecule is N#Cc1cccc(C#N)c1-c1ccccc1NN. The fourth-order valence-corrected chi connectivity index (χ4v) is 1.86. The summed E-state index contributed by atoms with van der Waals surface area (Å²) < 4.78 is 0. The number of hydrazine groups is 1. The topological polar surface area (TPSA) is 85.6 Å². The number of nitrogens with two attached hydrogens (primary N) is 1. The molecule has 0 aliphatic heterocycles. The number of nitrogens with one attached hydrogen (secondary N) is 1. The highest BCUT2D eigenvalue weighted by Gasteiger charge is 2.13. The number of hydrogen-bond donors (Lipinski definition) is 2. The lowest BCUT2D eigenvalue weighted by molar-refractivity contribution is 1.35. The third-order valence-electron chi connectivity index (χ3n) is 2.66. The minimum atomic E-state index is 0.455. The minimum absolute atomic E-state index is 0.455. The number of nitriles is 2. The minimum Gasteiger partial charge on any atom is -0.324 e. The molecular formula is C14H10N4. The fourth-order valence-electron chi connectivity index (χ4n) is 1.86. The van der Waals surface area contributed by atoms with Crippen molar-refractivity contribution < 1.29 is 0 Å². The molecule has 4 nitrogen and oxygen atoms in total. The standard InChI is InChI=1S/C14H10N4/c15-8-10-4-3-5-11(9-16)14(10)12-6-1-2-7-13(12)18-17/h1-7,18H,17H2. The van der Waals surface area contributed by atoms with Gasteiger partial charge >= 0.3 is 0 Å². The molecule has 2 aromatic carbocycles. The average Bonchev–Trinajstić information content (AvgIpc) is 2.46. The van der Waals surface area contributed by atoms with Gasteiger partial charge < -0.3 is 5.43 Å². The van der Waals surface area contributed by atoms with Gasteiger partial charge in [-0.2, -0.15) is 10.5 Å². The second-order valence-electron chi connectivity index (χ2n) is 3.64. The van der Waals surface area contributed by atoms with Crippen LogP contribution >= 0.6 is 0 Å². The Morgan fingerprint density at radius 2 is 1.50 bits per heavy atom. The molecule has 0 unspecified atom stereocenters. The van der Waals surface area contributed by atoms with E-state index in [1.165, 1.54) is 0 Å². The molecular weight excluding hydrogens is 224 g/mol. The summed E-state index contributed by atoms with van der Waals surface area (Å²) in [5.41, 5.74) is 5.52. The van der Waals surface area contributed by atoms with E-state index < -0.39 is 0 Å². The van der Waals surface area contributed by atoms with Crippen LogP contribution in [-0.2, 0) is 0 Å². The van der Waals surface area contributed by atoms with E-state index in [4.69, 9.17) is 16.4 Å². The first-order valence-corrected chi connectivity index (χ1v) is 5.31. The molecule has 0 aromatic heterocycles. The number of nitrogens with zero attached hydrogens (tertiary/aromatic N) is 2. The second-order valence-corrected chi connectivity index (χ2v) is 3.64. The van der Waals surface area contributed by atoms with E-state index >= 15 is 0 Å². The lowest BCUT2D eigenvalue weighted by Crippen LogP contribution is -2.08. The molecule has 0 saturated heterocycles. The first kappa shape index (κ1) is 11.7. The molecule has 0 radical (unpaired) electrons. The van der Waals surface area contributed by atoms with Crippen LogP contribution < -0.4 is 11.3 Å². The van der Waals surface area contributed by atoms with Crippen LogP contribution in [0.2, 0.25) is 0 Å². The van der Waals surface area contributed by atoms with Gasteiger partial charge in [0.15, 0.2) is 0 Å². The Balaban J connectivity index is 2.79. The molecule has 0 spiro atoms. The highest BCUT2D eigenvalue weighted by Crippen LogP contribution is 2.32. The van der Waals surface area contributed by atoms with E-state index in [9.17, 15) is 0 Å². The number of hydrogen-bond acceptors (Lipinski definition) is 4. The lowest BCUT2D eigenvalue weighted by atomic mass is 9.94. The van der Waals surface area contributed by atoms with Crippen molar-refractivity contribution in [1.82, 2.24) is 0 Å². The maximum atomic E-state index is 9.15. The monoisotopic (exact) mass is 234 g/mol. The van der Waals surface area contributed by atoms with Crippen LogP contribution in [-0.4, -0.2) is 0 Å². The molecule has 2 rings (SSSR count). The zero-order valence-corrected chi connectivity index (χ0v) is 9.51. The van der Waals surface area contributed by atoms with Gasteiger partial charge in [0.2, 0.25) is 0 Å². The van der Waals surface area contributed by atoms with Crippen LogP contribution in [0.3, 0.4) is 0 Å². The average molecular weight is 234 g/mol. The summed E-state index contributed by atoms with van der Waals surface area (Å²) >= 11 is 0. The summed E-state index contributed by atoms with van der Waals surface area (Å²) in [7, 11) is 0. The summed E-state index contributed by atoms with van der Waals surface area (Å²) in [6, 6.07) is 16.6. The van der Waals surface area contributed by atoms with Crippen molar-refractivity contribution in [1.29, 1.82) is 10.5 Å². The second kappa shape index (κ2) is 5.01. The number of rotatable bonds is 2. The predicted molar refractivity (Wildman–Crippen MR) is 69.1 cm³/mol. The Morgan fingerprint density at radius 3 is 2.06 bits per heavy atom. The molecule has 0 saturated carbocycles. The third-order valence-corrected chi connectivity index (χ3v) is 2.66. The number of benzene rings is 2. The van der Waals surface area contributed by atoms with Gasteiger partial charge in [0.05, 0.1) is 29.0 Å². The van der Waals surface area contributed by atoms with Gasteiger partial charge in [-0.3, -0.25) is 5.84 Å². The summed E-state index contributed by atoms with van der Waals surface area (Å²) in [5.74, 6) is 5.46. The molecule has 0 amide bonds. The van der Waals surface area contributed by atoms with Crippen LogP contribution in [0.5, 0.6) is 0 Å². The first-order chi connectivity index (χ1) is 8.81. The summed E-state index contributed by atoms with van der Waals surface area (Å²) in [4.78, 5) is 0. The van der Waals surface area contributed by atoms with E-state index in [1.54, 1.807) is 24.3 Å². The molecule has 0 heterocycles. The molecule has 2 aromatic rings. The van der Waals surface area contributed by atoms with Crippen molar-refractivity contribution in [2.75, 3.05) is 5.43 Å². The van der Waals surface area contributed by atoms with Gasteiger partial charge in [0.25, 0.3) is 0 Å². The van der Waals surface area contributed by atoms with Crippen molar-refractivity contribution in [3.05, 3.63) is 53.6 Å². The molecule has 0 aliphatic rings. The maximum absolute atomic E-state index is 9.15. The Morgan fingerprint density at radius 1 is 0.889 bits per heavy atom. The Kier molecular flexibility index (Phi) is 3.24. The van der Waals surface area contributed by atoms with Crippen LogP contribution in [0.1, 0.15) is 11.1 Å². The summed E-state index contributed by atoms with van der Waals surface area (Å²) in [5, 5.41) is 18.3. The van der Waals surface area contributed by atoms with E-state index in [0.29, 0.717) is 22.4 Å². The quantitative estimate of drug-likeness (QED) is 0.617. The maximum Gasteiger partial charge on any atom is 0.0998 e. The van der Waals surface area contributed by atoms with Gasteiger partial charge in [-0.25, -0.2) is 0 Å². The molecule has 0 fully saturated rings. The number of anilines is 1. The van der Waals surface area contributed by atoms with E-state index in [1.807, 2.05) is 18.2 Å². The molecule has 0 aliphatic carbocycles. The van der Waals surface area contributed by atoms with Gasteiger partial charge in [0.1, 0.15) is 0 Å². The molecule has 86 valence electrons. The largest absolute Gasteiger partial charge is 0.324 e. The van der Waals surface area contributed by atoms with Crippen LogP contribution in [0.25, 0.3) is 11.1 Å². The van der Waals surface area contributed by atoms with E-state index in [2.05, 4.69) is 17.6 Å². The van der Waals surface area contributed by atoms with Gasteiger partial charge in [-0.05, 0) is 18.2 Å². The molecule has 0 bridgehead atoms.